The number of carbonyl (C=O) groups is 2. The molecule has 0 radical (unpaired) electrons. The molecule has 1 aromatic carbocycles. The summed E-state index contributed by atoms with van der Waals surface area (Å²) in [7, 11) is 1.72. The number of hydrogen-bond acceptors (Lipinski definition) is 4. The van der Waals surface area contributed by atoms with Crippen molar-refractivity contribution in [1.29, 1.82) is 0 Å². The highest BCUT2D eigenvalue weighted by atomic mass is 35.5. The number of fused-ring (bicyclic) bond motifs is 1. The van der Waals surface area contributed by atoms with Gasteiger partial charge in [0.1, 0.15) is 0 Å². The Labute approximate surface area is 161 Å². The van der Waals surface area contributed by atoms with E-state index < -0.39 is 0 Å². The van der Waals surface area contributed by atoms with Crippen LogP contribution in [0.25, 0.3) is 5.65 Å². The first kappa shape index (κ1) is 17.5. The second-order valence-corrected chi connectivity index (χ2v) is 7.06. The monoisotopic (exact) mass is 383 g/mol. The number of pyridine rings is 1. The van der Waals surface area contributed by atoms with Crippen molar-refractivity contribution in [2.24, 2.45) is 5.92 Å². The minimum atomic E-state index is -0.388. The van der Waals surface area contributed by atoms with Gasteiger partial charge in [0, 0.05) is 36.9 Å². The Kier molecular flexibility index (Phi) is 4.53. The standard InChI is InChI=1S/C19H18ClN5O2/c1-23(12-17-22-21-16-7-2-3-8-24(16)17)19(27)13-9-18(26)25(11-13)15-6-4-5-14(20)10-15/h2-8,10,13H,9,11-12H2,1H3. The van der Waals surface area contributed by atoms with E-state index in [2.05, 4.69) is 10.2 Å². The van der Waals surface area contributed by atoms with Crippen LogP contribution in [-0.4, -0.2) is 44.9 Å². The highest BCUT2D eigenvalue weighted by Crippen LogP contribution is 2.28. The number of benzene rings is 1. The van der Waals surface area contributed by atoms with Crippen molar-refractivity contribution >= 4 is 34.7 Å². The van der Waals surface area contributed by atoms with E-state index in [9.17, 15) is 9.59 Å². The zero-order valence-electron chi connectivity index (χ0n) is 14.7. The van der Waals surface area contributed by atoms with Gasteiger partial charge in [0.25, 0.3) is 0 Å². The molecule has 0 N–H and O–H groups in total. The number of nitrogens with zero attached hydrogens (tertiary/aromatic N) is 5. The van der Waals surface area contributed by atoms with E-state index in [1.165, 1.54) is 0 Å². The third-order valence-corrected chi connectivity index (χ3v) is 4.97. The van der Waals surface area contributed by atoms with Crippen molar-refractivity contribution in [2.45, 2.75) is 13.0 Å². The number of hydrogen-bond donors (Lipinski definition) is 0. The molecule has 0 bridgehead atoms. The molecular weight excluding hydrogens is 366 g/mol. The Morgan fingerprint density at radius 3 is 2.93 bits per heavy atom. The molecule has 8 heteroatoms. The maximum Gasteiger partial charge on any atom is 0.228 e. The Morgan fingerprint density at radius 1 is 1.26 bits per heavy atom. The first-order valence-corrected chi connectivity index (χ1v) is 9.00. The summed E-state index contributed by atoms with van der Waals surface area (Å²) in [5.41, 5.74) is 1.45. The van der Waals surface area contributed by atoms with E-state index in [1.54, 1.807) is 35.0 Å². The number of anilines is 1. The fourth-order valence-electron chi connectivity index (χ4n) is 3.37. The maximum atomic E-state index is 12.9. The molecule has 138 valence electrons. The van der Waals surface area contributed by atoms with Crippen LogP contribution in [0.3, 0.4) is 0 Å². The van der Waals surface area contributed by atoms with Gasteiger partial charge in [-0.3, -0.25) is 14.0 Å². The third kappa shape index (κ3) is 3.38. The first-order valence-electron chi connectivity index (χ1n) is 8.62. The summed E-state index contributed by atoms with van der Waals surface area (Å²) in [5.74, 6) is 0.135. The van der Waals surface area contributed by atoms with Crippen LogP contribution in [0.4, 0.5) is 5.69 Å². The van der Waals surface area contributed by atoms with Gasteiger partial charge >= 0.3 is 0 Å². The molecule has 1 atom stereocenters. The third-order valence-electron chi connectivity index (χ3n) is 4.73. The molecule has 0 spiro atoms. The molecule has 1 saturated heterocycles. The van der Waals surface area contributed by atoms with Gasteiger partial charge < -0.3 is 9.80 Å². The fourth-order valence-corrected chi connectivity index (χ4v) is 3.55. The van der Waals surface area contributed by atoms with Crippen molar-refractivity contribution in [3.05, 3.63) is 59.5 Å². The summed E-state index contributed by atoms with van der Waals surface area (Å²) in [4.78, 5) is 28.5. The predicted molar refractivity (Wildman–Crippen MR) is 101 cm³/mol. The molecule has 1 unspecified atom stereocenters. The lowest BCUT2D eigenvalue weighted by atomic mass is 10.1. The maximum absolute atomic E-state index is 12.9. The van der Waals surface area contributed by atoms with Gasteiger partial charge in [-0.05, 0) is 30.3 Å². The molecular formula is C19H18ClN5O2. The average molecular weight is 384 g/mol. The Balaban J connectivity index is 1.47. The van der Waals surface area contributed by atoms with Crippen molar-refractivity contribution in [2.75, 3.05) is 18.5 Å². The quantitative estimate of drug-likeness (QED) is 0.693. The van der Waals surface area contributed by atoms with E-state index in [1.807, 2.05) is 34.9 Å². The summed E-state index contributed by atoms with van der Waals surface area (Å²) in [5, 5.41) is 8.82. The van der Waals surface area contributed by atoms with Crippen LogP contribution in [-0.2, 0) is 16.1 Å². The van der Waals surface area contributed by atoms with Crippen molar-refractivity contribution < 1.29 is 9.59 Å². The summed E-state index contributed by atoms with van der Waals surface area (Å²) in [6.45, 7) is 0.675. The van der Waals surface area contributed by atoms with E-state index in [0.717, 1.165) is 5.65 Å². The summed E-state index contributed by atoms with van der Waals surface area (Å²) < 4.78 is 1.85. The first-order chi connectivity index (χ1) is 13.0. The van der Waals surface area contributed by atoms with Crippen molar-refractivity contribution in [3.63, 3.8) is 0 Å². The normalized spacial score (nSPS) is 16.9. The summed E-state index contributed by atoms with van der Waals surface area (Å²) in [6, 6.07) is 12.7. The molecule has 2 amide bonds. The second kappa shape index (κ2) is 7.00. The van der Waals surface area contributed by atoms with Gasteiger partial charge in [0.2, 0.25) is 11.8 Å². The summed E-state index contributed by atoms with van der Waals surface area (Å²) >= 11 is 6.02. The molecule has 7 nitrogen and oxygen atoms in total. The summed E-state index contributed by atoms with van der Waals surface area (Å²) in [6.07, 6.45) is 2.05. The molecule has 1 fully saturated rings. The lowest BCUT2D eigenvalue weighted by molar-refractivity contribution is -0.135. The molecule has 2 aromatic heterocycles. The van der Waals surface area contributed by atoms with Gasteiger partial charge in [-0.15, -0.1) is 10.2 Å². The largest absolute Gasteiger partial charge is 0.338 e. The molecule has 3 heterocycles. The van der Waals surface area contributed by atoms with Crippen LogP contribution in [0.15, 0.2) is 48.7 Å². The van der Waals surface area contributed by atoms with E-state index in [-0.39, 0.29) is 24.2 Å². The Hall–Kier alpha value is -2.93. The lowest BCUT2D eigenvalue weighted by Crippen LogP contribution is -2.34. The van der Waals surface area contributed by atoms with Crippen LogP contribution in [0, 0.1) is 5.92 Å². The van der Waals surface area contributed by atoms with Crippen LogP contribution >= 0.6 is 11.6 Å². The topological polar surface area (TPSA) is 70.8 Å². The molecule has 27 heavy (non-hydrogen) atoms. The molecule has 1 aliphatic heterocycles. The Morgan fingerprint density at radius 2 is 2.11 bits per heavy atom. The van der Waals surface area contributed by atoms with Gasteiger partial charge in [0.05, 0.1) is 12.5 Å². The smallest absolute Gasteiger partial charge is 0.228 e. The number of amides is 2. The van der Waals surface area contributed by atoms with Gasteiger partial charge in [0.15, 0.2) is 11.5 Å². The van der Waals surface area contributed by atoms with Crippen LogP contribution in [0.1, 0.15) is 12.2 Å². The Bertz CT molecular complexity index is 1020. The van der Waals surface area contributed by atoms with Crippen LogP contribution in [0.5, 0.6) is 0 Å². The van der Waals surface area contributed by atoms with Gasteiger partial charge in [-0.1, -0.05) is 23.7 Å². The number of aromatic nitrogens is 3. The molecule has 0 saturated carbocycles. The average Bonchev–Trinajstić information content (AvgIpc) is 3.25. The highest BCUT2D eigenvalue weighted by molar-refractivity contribution is 6.31. The molecule has 0 aliphatic carbocycles. The molecule has 1 aliphatic rings. The minimum absolute atomic E-state index is 0.0723. The van der Waals surface area contributed by atoms with Crippen molar-refractivity contribution in [3.8, 4) is 0 Å². The number of halogens is 1. The number of carbonyl (C=O) groups excluding carboxylic acids is 2. The van der Waals surface area contributed by atoms with E-state index in [0.29, 0.717) is 29.6 Å². The van der Waals surface area contributed by atoms with E-state index >= 15 is 0 Å². The SMILES string of the molecule is CN(Cc1nnc2ccccn12)C(=O)C1CC(=O)N(c2cccc(Cl)c2)C1. The minimum Gasteiger partial charge on any atom is -0.338 e. The fraction of sp³-hybridized carbons (Fsp3) is 0.263. The number of rotatable bonds is 4. The van der Waals surface area contributed by atoms with Crippen molar-refractivity contribution in [1.82, 2.24) is 19.5 Å². The predicted octanol–water partition coefficient (Wildman–Crippen LogP) is 2.39. The van der Waals surface area contributed by atoms with Gasteiger partial charge in [-0.2, -0.15) is 0 Å². The van der Waals surface area contributed by atoms with Gasteiger partial charge in [-0.25, -0.2) is 0 Å². The molecule has 3 aromatic rings. The molecule has 4 rings (SSSR count). The lowest BCUT2D eigenvalue weighted by Gasteiger charge is -2.21. The zero-order valence-corrected chi connectivity index (χ0v) is 15.5. The second-order valence-electron chi connectivity index (χ2n) is 6.62. The van der Waals surface area contributed by atoms with Crippen LogP contribution < -0.4 is 4.90 Å². The highest BCUT2D eigenvalue weighted by Gasteiger charge is 2.36. The zero-order chi connectivity index (χ0) is 19.0. The van der Waals surface area contributed by atoms with E-state index in [4.69, 9.17) is 11.6 Å². The van der Waals surface area contributed by atoms with Crippen LogP contribution in [0.2, 0.25) is 5.02 Å².